The molecule has 0 bridgehead atoms. The minimum Gasteiger partial charge on any atom is -0.469 e. The highest BCUT2D eigenvalue weighted by atomic mass is 79.9. The number of rotatable bonds is 6. The average Bonchev–Trinajstić information content (AvgIpc) is 2.82. The van der Waals surface area contributed by atoms with Crippen molar-refractivity contribution in [1.82, 2.24) is 5.32 Å². The smallest absolute Gasteiger partial charge is 0.105 e. The van der Waals surface area contributed by atoms with E-state index < -0.39 is 0 Å². The molecule has 1 N–H and O–H groups in total. The first kappa shape index (κ1) is 15.1. The number of hydrogen-bond donors (Lipinski definition) is 1. The lowest BCUT2D eigenvalue weighted by molar-refractivity contribution is 0.529. The van der Waals surface area contributed by atoms with E-state index in [2.05, 4.69) is 58.3 Å². The summed E-state index contributed by atoms with van der Waals surface area (Å²) >= 11 is 3.67. The molecule has 0 aliphatic rings. The van der Waals surface area contributed by atoms with E-state index in [-0.39, 0.29) is 0 Å². The van der Waals surface area contributed by atoms with Gasteiger partial charge in [0.2, 0.25) is 0 Å². The van der Waals surface area contributed by atoms with Crippen molar-refractivity contribution in [3.05, 3.63) is 51.9 Å². The number of benzene rings is 1. The zero-order valence-electron chi connectivity index (χ0n) is 12.2. The Bertz CT molecular complexity index is 565. The lowest BCUT2D eigenvalue weighted by Gasteiger charge is -2.21. The maximum atomic E-state index is 5.35. The number of halogens is 1. The van der Waals surface area contributed by atoms with E-state index in [0.717, 1.165) is 29.9 Å². The van der Waals surface area contributed by atoms with Crippen molar-refractivity contribution in [2.24, 2.45) is 0 Å². The number of anilines is 1. The molecule has 3 nitrogen and oxygen atoms in total. The van der Waals surface area contributed by atoms with Gasteiger partial charge in [0.25, 0.3) is 0 Å². The minimum atomic E-state index is 0.841. The molecule has 108 valence electrons. The van der Waals surface area contributed by atoms with Crippen molar-refractivity contribution in [1.29, 1.82) is 0 Å². The van der Waals surface area contributed by atoms with Crippen LogP contribution in [-0.2, 0) is 13.1 Å². The Morgan fingerprint density at radius 2 is 2.10 bits per heavy atom. The van der Waals surface area contributed by atoms with Crippen molar-refractivity contribution in [3.63, 3.8) is 0 Å². The highest BCUT2D eigenvalue weighted by Gasteiger charge is 2.10. The summed E-state index contributed by atoms with van der Waals surface area (Å²) in [7, 11) is 2.09. The predicted molar refractivity (Wildman–Crippen MR) is 87.1 cm³/mol. The van der Waals surface area contributed by atoms with Gasteiger partial charge in [-0.1, -0.05) is 13.0 Å². The standard InChI is InChI=1S/C16H21BrN2O/c1-4-18-10-13-5-6-16(15(17)9-13)19(3)11-14-7-8-20-12(14)2/h5-9,18H,4,10-11H2,1-3H3. The van der Waals surface area contributed by atoms with Crippen molar-refractivity contribution in [3.8, 4) is 0 Å². The molecule has 1 heterocycles. The van der Waals surface area contributed by atoms with Gasteiger partial charge in [-0.2, -0.15) is 0 Å². The van der Waals surface area contributed by atoms with Crippen LogP contribution in [0.15, 0.2) is 39.4 Å². The van der Waals surface area contributed by atoms with Gasteiger partial charge < -0.3 is 14.6 Å². The van der Waals surface area contributed by atoms with Crippen molar-refractivity contribution in [2.75, 3.05) is 18.5 Å². The quantitative estimate of drug-likeness (QED) is 0.860. The van der Waals surface area contributed by atoms with Crippen LogP contribution in [0.25, 0.3) is 0 Å². The fourth-order valence-electron chi connectivity index (χ4n) is 2.16. The minimum absolute atomic E-state index is 0.841. The molecule has 0 saturated heterocycles. The van der Waals surface area contributed by atoms with E-state index in [1.807, 2.05) is 13.0 Å². The summed E-state index contributed by atoms with van der Waals surface area (Å²) in [5.74, 6) is 0.983. The first-order chi connectivity index (χ1) is 9.61. The van der Waals surface area contributed by atoms with Crippen LogP contribution in [0.1, 0.15) is 23.8 Å². The van der Waals surface area contributed by atoms with E-state index in [0.29, 0.717) is 0 Å². The molecular weight excluding hydrogens is 316 g/mol. The largest absolute Gasteiger partial charge is 0.469 e. The molecule has 0 spiro atoms. The third kappa shape index (κ3) is 3.64. The van der Waals surface area contributed by atoms with Crippen molar-refractivity contribution < 1.29 is 4.42 Å². The average molecular weight is 337 g/mol. The number of furan rings is 1. The third-order valence-electron chi connectivity index (χ3n) is 3.38. The topological polar surface area (TPSA) is 28.4 Å². The molecule has 0 amide bonds. The maximum absolute atomic E-state index is 5.35. The molecule has 2 aromatic rings. The molecular formula is C16H21BrN2O. The Morgan fingerprint density at radius 1 is 1.30 bits per heavy atom. The van der Waals surface area contributed by atoms with Gasteiger partial charge in [-0.05, 0) is 53.2 Å². The summed E-state index contributed by atoms with van der Waals surface area (Å²) in [6.45, 7) is 6.84. The number of aryl methyl sites for hydroxylation is 1. The molecule has 0 fully saturated rings. The normalized spacial score (nSPS) is 10.8. The van der Waals surface area contributed by atoms with Crippen molar-refractivity contribution in [2.45, 2.75) is 26.9 Å². The van der Waals surface area contributed by atoms with Gasteiger partial charge >= 0.3 is 0 Å². The van der Waals surface area contributed by atoms with E-state index in [9.17, 15) is 0 Å². The van der Waals surface area contributed by atoms with Crippen molar-refractivity contribution >= 4 is 21.6 Å². The summed E-state index contributed by atoms with van der Waals surface area (Å²) in [6, 6.07) is 8.53. The molecule has 4 heteroatoms. The highest BCUT2D eigenvalue weighted by molar-refractivity contribution is 9.10. The van der Waals surface area contributed by atoms with Crippen LogP contribution in [0.4, 0.5) is 5.69 Å². The number of nitrogens with one attached hydrogen (secondary N) is 1. The molecule has 0 aliphatic heterocycles. The van der Waals surface area contributed by atoms with Gasteiger partial charge in [-0.15, -0.1) is 0 Å². The monoisotopic (exact) mass is 336 g/mol. The molecule has 0 aliphatic carbocycles. The predicted octanol–water partition coefficient (Wildman–Crippen LogP) is 4.10. The third-order valence-corrected chi connectivity index (χ3v) is 4.01. The SMILES string of the molecule is CCNCc1ccc(N(C)Cc2ccoc2C)c(Br)c1. The Hall–Kier alpha value is -1.26. The molecule has 0 saturated carbocycles. The second-order valence-electron chi connectivity index (χ2n) is 4.92. The maximum Gasteiger partial charge on any atom is 0.105 e. The Balaban J connectivity index is 2.10. The van der Waals surface area contributed by atoms with E-state index in [4.69, 9.17) is 4.42 Å². The van der Waals surface area contributed by atoms with Gasteiger partial charge in [-0.3, -0.25) is 0 Å². The Kier molecular flexibility index (Phi) is 5.26. The second-order valence-corrected chi connectivity index (χ2v) is 5.78. The zero-order chi connectivity index (χ0) is 14.5. The van der Waals surface area contributed by atoms with Crippen LogP contribution >= 0.6 is 15.9 Å². The van der Waals surface area contributed by atoms with Gasteiger partial charge in [0.15, 0.2) is 0 Å². The van der Waals surface area contributed by atoms with Gasteiger partial charge in [0.05, 0.1) is 12.0 Å². The molecule has 0 atom stereocenters. The molecule has 20 heavy (non-hydrogen) atoms. The van der Waals surface area contributed by atoms with Crippen LogP contribution in [-0.4, -0.2) is 13.6 Å². The Labute approximate surface area is 129 Å². The lowest BCUT2D eigenvalue weighted by Crippen LogP contribution is -2.17. The fraction of sp³-hybridized carbons (Fsp3) is 0.375. The van der Waals surface area contributed by atoms with Gasteiger partial charge in [0, 0.05) is 30.2 Å². The molecule has 0 radical (unpaired) electrons. The summed E-state index contributed by atoms with van der Waals surface area (Å²) in [6.07, 6.45) is 1.74. The lowest BCUT2D eigenvalue weighted by atomic mass is 10.1. The first-order valence-electron chi connectivity index (χ1n) is 6.85. The van der Waals surface area contributed by atoms with E-state index in [1.54, 1.807) is 6.26 Å². The van der Waals surface area contributed by atoms with Crippen LogP contribution in [0.5, 0.6) is 0 Å². The second kappa shape index (κ2) is 6.95. The van der Waals surface area contributed by atoms with Gasteiger partial charge in [-0.25, -0.2) is 0 Å². The summed E-state index contributed by atoms with van der Waals surface area (Å²) in [5, 5.41) is 3.34. The molecule has 1 aromatic heterocycles. The van der Waals surface area contributed by atoms with Crippen LogP contribution in [0, 0.1) is 6.92 Å². The zero-order valence-corrected chi connectivity index (χ0v) is 13.8. The van der Waals surface area contributed by atoms with Crippen LogP contribution in [0.2, 0.25) is 0 Å². The molecule has 2 rings (SSSR count). The number of hydrogen-bond acceptors (Lipinski definition) is 3. The van der Waals surface area contributed by atoms with Crippen LogP contribution in [0.3, 0.4) is 0 Å². The van der Waals surface area contributed by atoms with Crippen LogP contribution < -0.4 is 10.2 Å². The number of nitrogens with zero attached hydrogens (tertiary/aromatic N) is 1. The Morgan fingerprint density at radius 3 is 2.70 bits per heavy atom. The summed E-state index contributed by atoms with van der Waals surface area (Å²) < 4.78 is 6.47. The van der Waals surface area contributed by atoms with E-state index in [1.165, 1.54) is 16.8 Å². The van der Waals surface area contributed by atoms with E-state index >= 15 is 0 Å². The summed E-state index contributed by atoms with van der Waals surface area (Å²) in [5.41, 5.74) is 3.69. The summed E-state index contributed by atoms with van der Waals surface area (Å²) in [4.78, 5) is 2.22. The molecule has 0 unspecified atom stereocenters. The highest BCUT2D eigenvalue weighted by Crippen LogP contribution is 2.28. The fourth-order valence-corrected chi connectivity index (χ4v) is 2.88. The molecule has 1 aromatic carbocycles. The van der Waals surface area contributed by atoms with Gasteiger partial charge in [0.1, 0.15) is 5.76 Å². The first-order valence-corrected chi connectivity index (χ1v) is 7.64.